The van der Waals surface area contributed by atoms with Crippen molar-refractivity contribution >= 4 is 17.7 Å². The van der Waals surface area contributed by atoms with Crippen molar-refractivity contribution in [1.82, 2.24) is 4.98 Å². The van der Waals surface area contributed by atoms with Gasteiger partial charge in [0, 0.05) is 18.0 Å². The molecule has 6 nitrogen and oxygen atoms in total. The fraction of sp³-hybridized carbons (Fsp3) is 0.385. The molecule has 0 bridgehead atoms. The smallest absolute Gasteiger partial charge is 0.328 e. The molecule has 0 aromatic carbocycles. The van der Waals surface area contributed by atoms with E-state index in [1.165, 1.54) is 24.5 Å². The Labute approximate surface area is 110 Å². The van der Waals surface area contributed by atoms with Crippen LogP contribution in [0.3, 0.4) is 0 Å². The summed E-state index contributed by atoms with van der Waals surface area (Å²) in [7, 11) is 0. The predicted octanol–water partition coefficient (Wildman–Crippen LogP) is 1.01. The number of carbonyl (C=O) groups is 3. The van der Waals surface area contributed by atoms with E-state index in [1.54, 1.807) is 13.8 Å². The molecule has 0 radical (unpaired) electrons. The molecular weight excluding hydrogens is 250 g/mol. The van der Waals surface area contributed by atoms with Gasteiger partial charge in [0.25, 0.3) is 0 Å². The molecular formula is C13H15NO5. The van der Waals surface area contributed by atoms with Crippen molar-refractivity contribution in [2.75, 3.05) is 13.2 Å². The van der Waals surface area contributed by atoms with Gasteiger partial charge < -0.3 is 9.47 Å². The molecule has 1 heterocycles. The maximum absolute atomic E-state index is 12.1. The maximum Gasteiger partial charge on any atom is 0.328 e. The normalized spacial score (nSPS) is 10.1. The number of hydrogen-bond acceptors (Lipinski definition) is 6. The van der Waals surface area contributed by atoms with E-state index in [2.05, 4.69) is 4.98 Å². The molecule has 0 unspecified atom stereocenters. The van der Waals surface area contributed by atoms with Gasteiger partial charge in [-0.05, 0) is 26.0 Å². The summed E-state index contributed by atoms with van der Waals surface area (Å²) in [5.41, 5.74) is 0.209. The highest BCUT2D eigenvalue weighted by molar-refractivity contribution is 6.20. The van der Waals surface area contributed by atoms with Gasteiger partial charge in [-0.1, -0.05) is 0 Å². The van der Waals surface area contributed by atoms with Crippen LogP contribution in [0, 0.1) is 5.92 Å². The first-order chi connectivity index (χ1) is 9.11. The van der Waals surface area contributed by atoms with E-state index in [0.29, 0.717) is 0 Å². The quantitative estimate of drug-likeness (QED) is 0.433. The predicted molar refractivity (Wildman–Crippen MR) is 65.3 cm³/mol. The lowest BCUT2D eigenvalue weighted by Crippen LogP contribution is -2.35. The minimum Gasteiger partial charge on any atom is -0.465 e. The first kappa shape index (κ1) is 14.8. The number of esters is 2. The minimum atomic E-state index is -1.58. The highest BCUT2D eigenvalue weighted by atomic mass is 16.6. The van der Waals surface area contributed by atoms with Gasteiger partial charge in [-0.2, -0.15) is 0 Å². The van der Waals surface area contributed by atoms with Crippen molar-refractivity contribution in [1.29, 1.82) is 0 Å². The van der Waals surface area contributed by atoms with E-state index in [-0.39, 0.29) is 18.8 Å². The lowest BCUT2D eigenvalue weighted by Gasteiger charge is -2.13. The Morgan fingerprint density at radius 2 is 1.53 bits per heavy atom. The monoisotopic (exact) mass is 265 g/mol. The lowest BCUT2D eigenvalue weighted by atomic mass is 9.98. The van der Waals surface area contributed by atoms with Crippen LogP contribution < -0.4 is 0 Å². The molecule has 1 aromatic heterocycles. The second kappa shape index (κ2) is 7.25. The van der Waals surface area contributed by atoms with Gasteiger partial charge >= 0.3 is 11.9 Å². The Kier molecular flexibility index (Phi) is 5.66. The summed E-state index contributed by atoms with van der Waals surface area (Å²) in [6.07, 6.45) is 2.81. The molecule has 0 saturated heterocycles. The Morgan fingerprint density at radius 1 is 1.05 bits per heavy atom. The van der Waals surface area contributed by atoms with Crippen molar-refractivity contribution < 1.29 is 23.9 Å². The third-order valence-corrected chi connectivity index (χ3v) is 2.27. The first-order valence-electron chi connectivity index (χ1n) is 5.89. The fourth-order valence-electron chi connectivity index (χ4n) is 1.44. The molecule has 0 saturated carbocycles. The van der Waals surface area contributed by atoms with Crippen LogP contribution in [0.5, 0.6) is 0 Å². The van der Waals surface area contributed by atoms with Crippen molar-refractivity contribution in [3.63, 3.8) is 0 Å². The molecule has 6 heteroatoms. The van der Waals surface area contributed by atoms with Crippen LogP contribution in [0.15, 0.2) is 24.5 Å². The summed E-state index contributed by atoms with van der Waals surface area (Å²) in [4.78, 5) is 39.3. The van der Waals surface area contributed by atoms with Crippen molar-refractivity contribution in [2.45, 2.75) is 13.8 Å². The molecule has 19 heavy (non-hydrogen) atoms. The maximum atomic E-state index is 12.1. The standard InChI is InChI=1S/C13H15NO5/c1-3-18-12(16)10(13(17)19-4-2)11(15)9-5-7-14-8-6-9/h5-8,10H,3-4H2,1-2H3. The summed E-state index contributed by atoms with van der Waals surface area (Å²) in [5, 5.41) is 0. The molecule has 0 N–H and O–H groups in total. The molecule has 102 valence electrons. The van der Waals surface area contributed by atoms with E-state index in [1.807, 2.05) is 0 Å². The van der Waals surface area contributed by atoms with Gasteiger partial charge in [0.2, 0.25) is 5.92 Å². The van der Waals surface area contributed by atoms with Crippen molar-refractivity contribution in [2.24, 2.45) is 5.92 Å². The molecule has 0 aliphatic rings. The number of hydrogen-bond donors (Lipinski definition) is 0. The summed E-state index contributed by atoms with van der Waals surface area (Å²) in [6, 6.07) is 2.85. The molecule has 0 fully saturated rings. The van der Waals surface area contributed by atoms with Gasteiger partial charge in [-0.15, -0.1) is 0 Å². The van der Waals surface area contributed by atoms with Crippen molar-refractivity contribution in [3.8, 4) is 0 Å². The zero-order valence-electron chi connectivity index (χ0n) is 10.8. The second-order valence-electron chi connectivity index (χ2n) is 3.54. The number of carbonyl (C=O) groups excluding carboxylic acids is 3. The van der Waals surface area contributed by atoms with E-state index in [9.17, 15) is 14.4 Å². The van der Waals surface area contributed by atoms with Gasteiger partial charge in [-0.25, -0.2) is 0 Å². The topological polar surface area (TPSA) is 82.6 Å². The van der Waals surface area contributed by atoms with E-state index >= 15 is 0 Å². The number of pyridine rings is 1. The van der Waals surface area contributed by atoms with Crippen LogP contribution in [0.25, 0.3) is 0 Å². The van der Waals surface area contributed by atoms with Gasteiger partial charge in [0.15, 0.2) is 5.78 Å². The van der Waals surface area contributed by atoms with Crippen LogP contribution in [-0.2, 0) is 19.1 Å². The van der Waals surface area contributed by atoms with Gasteiger partial charge in [0.05, 0.1) is 13.2 Å². The fourth-order valence-corrected chi connectivity index (χ4v) is 1.44. The number of Topliss-reactive ketones (excluding diaryl/α,β-unsaturated/α-hetero) is 1. The molecule has 0 aliphatic heterocycles. The molecule has 1 rings (SSSR count). The molecule has 0 amide bonds. The number of nitrogens with zero attached hydrogens (tertiary/aromatic N) is 1. The number of aromatic nitrogens is 1. The van der Waals surface area contributed by atoms with Gasteiger partial charge in [0.1, 0.15) is 0 Å². The number of ketones is 1. The molecule has 1 aromatic rings. The van der Waals surface area contributed by atoms with E-state index in [4.69, 9.17) is 9.47 Å². The Hall–Kier alpha value is -2.24. The zero-order chi connectivity index (χ0) is 14.3. The Morgan fingerprint density at radius 3 is 1.95 bits per heavy atom. The van der Waals surface area contributed by atoms with E-state index in [0.717, 1.165) is 0 Å². The summed E-state index contributed by atoms with van der Waals surface area (Å²) < 4.78 is 9.48. The van der Waals surface area contributed by atoms with Crippen molar-refractivity contribution in [3.05, 3.63) is 30.1 Å². The van der Waals surface area contributed by atoms with Crippen LogP contribution in [-0.4, -0.2) is 35.9 Å². The number of ether oxygens (including phenoxy) is 2. The SMILES string of the molecule is CCOC(=O)C(C(=O)OCC)C(=O)c1ccncc1. The number of rotatable bonds is 6. The Bertz CT molecular complexity index is 439. The Balaban J connectivity index is 2.99. The molecule has 0 spiro atoms. The summed E-state index contributed by atoms with van der Waals surface area (Å²) in [5.74, 6) is -4.04. The zero-order valence-corrected chi connectivity index (χ0v) is 10.8. The third kappa shape index (κ3) is 3.87. The first-order valence-corrected chi connectivity index (χ1v) is 5.89. The van der Waals surface area contributed by atoms with Gasteiger partial charge in [-0.3, -0.25) is 19.4 Å². The van der Waals surface area contributed by atoms with Crippen LogP contribution in [0.4, 0.5) is 0 Å². The van der Waals surface area contributed by atoms with E-state index < -0.39 is 23.6 Å². The largest absolute Gasteiger partial charge is 0.465 e. The summed E-state index contributed by atoms with van der Waals surface area (Å²) in [6.45, 7) is 3.35. The van der Waals surface area contributed by atoms with Crippen LogP contribution in [0.2, 0.25) is 0 Å². The average molecular weight is 265 g/mol. The highest BCUT2D eigenvalue weighted by Crippen LogP contribution is 2.12. The molecule has 0 aliphatic carbocycles. The third-order valence-electron chi connectivity index (χ3n) is 2.27. The average Bonchev–Trinajstić information content (AvgIpc) is 2.40. The van der Waals surface area contributed by atoms with Crippen LogP contribution in [0.1, 0.15) is 24.2 Å². The van der Waals surface area contributed by atoms with Crippen LogP contribution >= 0.6 is 0 Å². The molecule has 0 atom stereocenters. The lowest BCUT2D eigenvalue weighted by molar-refractivity contribution is -0.158. The highest BCUT2D eigenvalue weighted by Gasteiger charge is 2.37. The summed E-state index contributed by atoms with van der Waals surface area (Å²) >= 11 is 0. The minimum absolute atomic E-state index is 0.0817. The second-order valence-corrected chi connectivity index (χ2v) is 3.54.